The lowest BCUT2D eigenvalue weighted by Crippen LogP contribution is -2.75. The Morgan fingerprint density at radius 2 is 1.97 bits per heavy atom. The molecule has 1 amide bonds. The lowest BCUT2D eigenvalue weighted by molar-refractivity contribution is -0.172. The highest BCUT2D eigenvalue weighted by Crippen LogP contribution is 2.66. The third kappa shape index (κ3) is 3.07. The van der Waals surface area contributed by atoms with Crippen LogP contribution in [0.15, 0.2) is 36.5 Å². The van der Waals surface area contributed by atoms with E-state index in [0.29, 0.717) is 17.0 Å². The zero-order chi connectivity index (χ0) is 23.0. The van der Waals surface area contributed by atoms with Crippen LogP contribution < -0.4 is 11.1 Å². The number of benzene rings is 1. The first-order valence-corrected chi connectivity index (χ1v) is 12.3. The molecule has 1 aromatic carbocycles. The maximum atomic E-state index is 13.0. The van der Waals surface area contributed by atoms with Crippen LogP contribution in [0.2, 0.25) is 0 Å². The molecule has 0 radical (unpaired) electrons. The Hall–Kier alpha value is -2.44. The Morgan fingerprint density at radius 1 is 1.24 bits per heavy atom. The number of aromatic nitrogens is 1. The summed E-state index contributed by atoms with van der Waals surface area (Å²) in [6, 6.07) is 11.3. The smallest absolute Gasteiger partial charge is 0.255 e. The van der Waals surface area contributed by atoms with Gasteiger partial charge in [-0.05, 0) is 69.1 Å². The van der Waals surface area contributed by atoms with Gasteiger partial charge in [-0.15, -0.1) is 0 Å². The Bertz CT molecular complexity index is 1090. The number of rotatable bonds is 6. The molecule has 2 heterocycles. The fourth-order valence-corrected chi connectivity index (χ4v) is 7.16. The van der Waals surface area contributed by atoms with Crippen LogP contribution in [0.25, 0.3) is 11.1 Å². The normalized spacial score (nSPS) is 34.2. The van der Waals surface area contributed by atoms with Crippen LogP contribution in [-0.4, -0.2) is 52.2 Å². The van der Waals surface area contributed by atoms with Crippen molar-refractivity contribution in [2.24, 2.45) is 11.3 Å². The van der Waals surface area contributed by atoms with Gasteiger partial charge in [0.25, 0.3) is 5.91 Å². The van der Waals surface area contributed by atoms with E-state index in [1.54, 1.807) is 6.20 Å². The van der Waals surface area contributed by atoms with Gasteiger partial charge in [0, 0.05) is 53.9 Å². The third-order valence-corrected chi connectivity index (χ3v) is 9.20. The van der Waals surface area contributed by atoms with Crippen LogP contribution in [0.4, 0.5) is 5.82 Å². The number of aliphatic hydroxyl groups excluding tert-OH is 1. The largest absolute Gasteiger partial charge is 0.396 e. The minimum Gasteiger partial charge on any atom is -0.396 e. The maximum absolute atomic E-state index is 13.0. The van der Waals surface area contributed by atoms with Crippen LogP contribution in [0, 0.1) is 11.3 Å². The van der Waals surface area contributed by atoms with Crippen LogP contribution in [0.3, 0.4) is 0 Å². The molecule has 0 unspecified atom stereocenters. The summed E-state index contributed by atoms with van der Waals surface area (Å²) in [6.07, 6.45) is 6.91. The highest BCUT2D eigenvalue weighted by Gasteiger charge is 2.68. The Morgan fingerprint density at radius 3 is 2.58 bits per heavy atom. The summed E-state index contributed by atoms with van der Waals surface area (Å²) in [7, 11) is 0. The van der Waals surface area contributed by atoms with Crippen molar-refractivity contribution >= 4 is 11.7 Å². The van der Waals surface area contributed by atoms with Crippen molar-refractivity contribution in [3.63, 3.8) is 0 Å². The summed E-state index contributed by atoms with van der Waals surface area (Å²) in [5.74, 6) is 0.856. The van der Waals surface area contributed by atoms with Gasteiger partial charge in [0.05, 0.1) is 5.56 Å². The van der Waals surface area contributed by atoms with Crippen LogP contribution in [-0.2, 0) is 5.41 Å². The van der Waals surface area contributed by atoms with Crippen molar-refractivity contribution < 1.29 is 9.90 Å². The molecule has 1 aliphatic heterocycles. The standard InChI is InChI=1S/C27H34N4O2/c1-17(2)31-11-21-7-8-27(21,15-31)20-5-3-18(4-6-20)19-9-22(23(28)29-10-19)24(33)30-26-12-25(13-26,14-26)16-32/h3-6,9-10,17,21,32H,7-8,11-16H2,1-2H3,(H2,28,29)(H,30,33)/t21-,25?,26?,27+/m1/s1. The average Bonchev–Trinajstić information content (AvgIpc) is 3.01. The van der Waals surface area contributed by atoms with E-state index in [4.69, 9.17) is 5.73 Å². The predicted molar refractivity (Wildman–Crippen MR) is 129 cm³/mol. The second kappa shape index (κ2) is 7.03. The van der Waals surface area contributed by atoms with Gasteiger partial charge in [0.15, 0.2) is 0 Å². The molecule has 174 valence electrons. The van der Waals surface area contributed by atoms with Gasteiger partial charge < -0.3 is 16.2 Å². The topological polar surface area (TPSA) is 91.5 Å². The Balaban J connectivity index is 1.20. The number of fused-ring (bicyclic) bond motifs is 1. The van der Waals surface area contributed by atoms with Crippen molar-refractivity contribution in [1.29, 1.82) is 0 Å². The van der Waals surface area contributed by atoms with Gasteiger partial charge in [-0.1, -0.05) is 24.3 Å². The number of carbonyl (C=O) groups excluding carboxylic acids is 1. The van der Waals surface area contributed by atoms with E-state index in [9.17, 15) is 9.90 Å². The van der Waals surface area contributed by atoms with Gasteiger partial charge in [-0.2, -0.15) is 0 Å². The van der Waals surface area contributed by atoms with Gasteiger partial charge >= 0.3 is 0 Å². The lowest BCUT2D eigenvalue weighted by atomic mass is 9.39. The zero-order valence-corrected chi connectivity index (χ0v) is 19.6. The van der Waals surface area contributed by atoms with Gasteiger partial charge in [0.1, 0.15) is 5.82 Å². The van der Waals surface area contributed by atoms with Gasteiger partial charge in [0.2, 0.25) is 0 Å². The number of likely N-dealkylation sites (tertiary alicyclic amines) is 1. The van der Waals surface area contributed by atoms with Crippen molar-refractivity contribution in [1.82, 2.24) is 15.2 Å². The Labute approximate surface area is 195 Å². The molecule has 4 N–H and O–H groups in total. The maximum Gasteiger partial charge on any atom is 0.255 e. The summed E-state index contributed by atoms with van der Waals surface area (Å²) in [5, 5.41) is 12.6. The Kier molecular flexibility index (Phi) is 4.50. The molecule has 5 aliphatic rings. The number of nitrogens with zero attached hydrogens (tertiary/aromatic N) is 2. The SMILES string of the molecule is CC(C)N1C[C@H]2CC[C@@]2(c2ccc(-c3cnc(N)c(C(=O)NC45CC(CO)(C4)C5)c3)cc2)C1. The lowest BCUT2D eigenvalue weighted by Gasteiger charge is -2.70. The molecule has 6 heteroatoms. The number of nitrogen functional groups attached to an aromatic ring is 1. The minimum absolute atomic E-state index is 0.0468. The number of amides is 1. The molecular weight excluding hydrogens is 412 g/mol. The highest BCUT2D eigenvalue weighted by molar-refractivity contribution is 6.00. The first kappa shape index (κ1) is 21.1. The molecule has 2 aromatic rings. The van der Waals surface area contributed by atoms with E-state index in [1.807, 2.05) is 6.07 Å². The number of hydrogen-bond acceptors (Lipinski definition) is 5. The molecule has 1 aromatic heterocycles. The molecule has 33 heavy (non-hydrogen) atoms. The van der Waals surface area contributed by atoms with Crippen molar-refractivity contribution in [2.75, 3.05) is 25.4 Å². The average molecular weight is 447 g/mol. The van der Waals surface area contributed by atoms with E-state index >= 15 is 0 Å². The van der Waals surface area contributed by atoms with Crippen LogP contribution in [0.5, 0.6) is 0 Å². The van der Waals surface area contributed by atoms with Crippen molar-refractivity contribution in [2.45, 2.75) is 62.9 Å². The molecule has 1 saturated heterocycles. The van der Waals surface area contributed by atoms with Crippen LogP contribution in [0.1, 0.15) is 61.9 Å². The molecule has 2 atom stereocenters. The first-order chi connectivity index (χ1) is 15.8. The second-order valence-electron chi connectivity index (χ2n) is 11.6. The number of anilines is 1. The van der Waals surface area contributed by atoms with E-state index in [2.05, 4.69) is 53.3 Å². The minimum atomic E-state index is -0.166. The number of nitrogens with one attached hydrogen (secondary N) is 1. The highest BCUT2D eigenvalue weighted by atomic mass is 16.3. The fourth-order valence-electron chi connectivity index (χ4n) is 7.16. The number of pyridine rings is 1. The third-order valence-electron chi connectivity index (χ3n) is 9.20. The number of nitrogens with two attached hydrogens (primary N) is 1. The fraction of sp³-hybridized carbons (Fsp3) is 0.556. The number of hydrogen-bond donors (Lipinski definition) is 3. The van der Waals surface area contributed by atoms with E-state index in [1.165, 1.54) is 24.9 Å². The van der Waals surface area contributed by atoms with Gasteiger partial charge in [-0.3, -0.25) is 9.69 Å². The molecule has 0 spiro atoms. The van der Waals surface area contributed by atoms with E-state index < -0.39 is 0 Å². The number of carbonyl (C=O) groups is 1. The van der Waals surface area contributed by atoms with Crippen LogP contribution >= 0.6 is 0 Å². The monoisotopic (exact) mass is 446 g/mol. The molecule has 4 saturated carbocycles. The van der Waals surface area contributed by atoms with Crippen molar-refractivity contribution in [3.8, 4) is 11.1 Å². The van der Waals surface area contributed by atoms with Gasteiger partial charge in [-0.25, -0.2) is 4.98 Å². The molecule has 5 fully saturated rings. The summed E-state index contributed by atoms with van der Waals surface area (Å²) in [4.78, 5) is 19.9. The molecular formula is C27H34N4O2. The zero-order valence-electron chi connectivity index (χ0n) is 19.6. The number of aliphatic hydroxyl groups is 1. The molecule has 7 rings (SSSR count). The molecule has 4 aliphatic carbocycles. The molecule has 6 nitrogen and oxygen atoms in total. The first-order valence-electron chi connectivity index (χ1n) is 12.3. The molecule has 2 bridgehead atoms. The summed E-state index contributed by atoms with van der Waals surface area (Å²) in [6.45, 7) is 7.16. The second-order valence-corrected chi connectivity index (χ2v) is 11.6. The summed E-state index contributed by atoms with van der Waals surface area (Å²) < 4.78 is 0. The predicted octanol–water partition coefficient (Wildman–Crippen LogP) is 3.35. The quantitative estimate of drug-likeness (QED) is 0.633. The summed E-state index contributed by atoms with van der Waals surface area (Å²) >= 11 is 0. The summed E-state index contributed by atoms with van der Waals surface area (Å²) in [5.41, 5.74) is 10.1. The van der Waals surface area contributed by atoms with E-state index in [0.717, 1.165) is 42.9 Å². The van der Waals surface area contributed by atoms with E-state index in [-0.39, 0.29) is 29.3 Å². The van der Waals surface area contributed by atoms with Crippen molar-refractivity contribution in [3.05, 3.63) is 47.7 Å².